The van der Waals surface area contributed by atoms with Crippen LogP contribution in [0.1, 0.15) is 5.56 Å². The van der Waals surface area contributed by atoms with Crippen LogP contribution in [0.2, 0.25) is 0 Å². The summed E-state index contributed by atoms with van der Waals surface area (Å²) in [5, 5.41) is 7.54. The molecule has 0 radical (unpaired) electrons. The fraction of sp³-hybridized carbons (Fsp3) is 0.286. The Labute approximate surface area is 124 Å². The molecule has 2 rings (SSSR count). The van der Waals surface area contributed by atoms with E-state index in [1.807, 2.05) is 0 Å². The zero-order chi connectivity index (χ0) is 13.5. The van der Waals surface area contributed by atoms with E-state index in [9.17, 15) is 4.39 Å². The molecule has 1 N–H and O–H groups in total. The van der Waals surface area contributed by atoms with Crippen LogP contribution >= 0.6 is 27.3 Å². The van der Waals surface area contributed by atoms with Gasteiger partial charge in [-0.25, -0.2) is 4.39 Å². The molecule has 1 heterocycles. The molecule has 0 fully saturated rings. The van der Waals surface area contributed by atoms with Gasteiger partial charge in [-0.1, -0.05) is 15.9 Å². The highest BCUT2D eigenvalue weighted by molar-refractivity contribution is 9.10. The fourth-order valence-corrected chi connectivity index (χ4v) is 2.79. The van der Waals surface area contributed by atoms with Gasteiger partial charge in [0, 0.05) is 17.1 Å². The molecule has 0 atom stereocenters. The second-order valence-electron chi connectivity index (χ2n) is 4.09. The molecule has 0 aliphatic heterocycles. The molecule has 0 saturated carbocycles. The van der Waals surface area contributed by atoms with Gasteiger partial charge in [-0.3, -0.25) is 0 Å². The molecule has 0 unspecified atom stereocenters. The van der Waals surface area contributed by atoms with Crippen molar-refractivity contribution in [2.24, 2.45) is 0 Å². The van der Waals surface area contributed by atoms with Crippen LogP contribution in [0.4, 0.5) is 4.39 Å². The zero-order valence-corrected chi connectivity index (χ0v) is 12.8. The van der Waals surface area contributed by atoms with E-state index in [2.05, 4.69) is 38.1 Å². The van der Waals surface area contributed by atoms with Gasteiger partial charge in [0.25, 0.3) is 0 Å². The SMILES string of the molecule is Fc1cc(Br)cc(OCCNCCc2ccsc2)c1. The largest absolute Gasteiger partial charge is 0.492 e. The van der Waals surface area contributed by atoms with Crippen molar-refractivity contribution in [2.75, 3.05) is 19.7 Å². The molecule has 5 heteroatoms. The van der Waals surface area contributed by atoms with E-state index in [-0.39, 0.29) is 5.82 Å². The third-order valence-corrected chi connectivity index (χ3v) is 3.74. The maximum absolute atomic E-state index is 13.1. The van der Waals surface area contributed by atoms with Crippen LogP contribution in [-0.4, -0.2) is 19.7 Å². The Balaban J connectivity index is 1.61. The fourth-order valence-electron chi connectivity index (χ4n) is 1.65. The average molecular weight is 344 g/mol. The molecule has 19 heavy (non-hydrogen) atoms. The van der Waals surface area contributed by atoms with Crippen LogP contribution in [-0.2, 0) is 6.42 Å². The molecule has 0 saturated heterocycles. The first-order valence-electron chi connectivity index (χ1n) is 6.05. The monoisotopic (exact) mass is 343 g/mol. The van der Waals surface area contributed by atoms with Crippen LogP contribution in [0, 0.1) is 5.82 Å². The Morgan fingerprint density at radius 2 is 2.16 bits per heavy atom. The maximum atomic E-state index is 13.1. The van der Waals surface area contributed by atoms with Crippen LogP contribution in [0.15, 0.2) is 39.5 Å². The van der Waals surface area contributed by atoms with Crippen molar-refractivity contribution in [2.45, 2.75) is 6.42 Å². The molecule has 2 aromatic rings. The second kappa shape index (κ2) is 7.62. The molecular weight excluding hydrogens is 329 g/mol. The second-order valence-corrected chi connectivity index (χ2v) is 5.78. The Kier molecular flexibility index (Phi) is 5.82. The van der Waals surface area contributed by atoms with Crippen molar-refractivity contribution in [3.63, 3.8) is 0 Å². The van der Waals surface area contributed by atoms with Gasteiger partial charge in [-0.2, -0.15) is 11.3 Å². The Morgan fingerprint density at radius 3 is 2.89 bits per heavy atom. The van der Waals surface area contributed by atoms with Gasteiger partial charge >= 0.3 is 0 Å². The summed E-state index contributed by atoms with van der Waals surface area (Å²) in [7, 11) is 0. The number of hydrogen-bond donors (Lipinski definition) is 1. The van der Waals surface area contributed by atoms with Gasteiger partial charge in [-0.05, 0) is 47.5 Å². The van der Waals surface area contributed by atoms with Gasteiger partial charge in [0.2, 0.25) is 0 Å². The van der Waals surface area contributed by atoms with Gasteiger partial charge in [0.05, 0.1) is 0 Å². The van der Waals surface area contributed by atoms with Crippen molar-refractivity contribution in [1.82, 2.24) is 5.32 Å². The molecule has 0 aliphatic rings. The van der Waals surface area contributed by atoms with E-state index >= 15 is 0 Å². The standard InChI is InChI=1S/C14H15BrFNOS/c15-12-7-13(16)9-14(8-12)18-5-4-17-3-1-11-2-6-19-10-11/h2,6-10,17H,1,3-5H2. The van der Waals surface area contributed by atoms with E-state index in [1.54, 1.807) is 17.4 Å². The lowest BCUT2D eigenvalue weighted by Crippen LogP contribution is -2.23. The zero-order valence-electron chi connectivity index (χ0n) is 10.4. The van der Waals surface area contributed by atoms with Crippen LogP contribution in [0.3, 0.4) is 0 Å². The van der Waals surface area contributed by atoms with E-state index in [0.29, 0.717) is 16.8 Å². The highest BCUT2D eigenvalue weighted by Crippen LogP contribution is 2.20. The van der Waals surface area contributed by atoms with Gasteiger partial charge in [-0.15, -0.1) is 0 Å². The minimum Gasteiger partial charge on any atom is -0.492 e. The minimum absolute atomic E-state index is 0.296. The number of thiophene rings is 1. The lowest BCUT2D eigenvalue weighted by molar-refractivity contribution is 0.313. The average Bonchev–Trinajstić information content (AvgIpc) is 2.85. The topological polar surface area (TPSA) is 21.3 Å². The normalized spacial score (nSPS) is 10.6. The van der Waals surface area contributed by atoms with Crippen molar-refractivity contribution in [3.05, 3.63) is 50.9 Å². The summed E-state index contributed by atoms with van der Waals surface area (Å²) in [4.78, 5) is 0. The molecule has 2 nitrogen and oxygen atoms in total. The molecule has 1 aromatic carbocycles. The predicted octanol–water partition coefficient (Wildman–Crippen LogP) is 3.86. The number of nitrogens with one attached hydrogen (secondary N) is 1. The molecule has 0 aliphatic carbocycles. The Hall–Kier alpha value is -0.910. The molecule has 0 spiro atoms. The summed E-state index contributed by atoms with van der Waals surface area (Å²) >= 11 is 4.95. The first-order chi connectivity index (χ1) is 9.24. The molecule has 102 valence electrons. The lowest BCUT2D eigenvalue weighted by Gasteiger charge is -2.08. The summed E-state index contributed by atoms with van der Waals surface area (Å²) in [6, 6.07) is 6.68. The minimum atomic E-state index is -0.296. The highest BCUT2D eigenvalue weighted by atomic mass is 79.9. The van der Waals surface area contributed by atoms with Crippen LogP contribution in [0.25, 0.3) is 0 Å². The van der Waals surface area contributed by atoms with Crippen molar-refractivity contribution in [1.29, 1.82) is 0 Å². The third-order valence-electron chi connectivity index (χ3n) is 2.55. The van der Waals surface area contributed by atoms with Crippen molar-refractivity contribution >= 4 is 27.3 Å². The smallest absolute Gasteiger partial charge is 0.128 e. The first kappa shape index (κ1) is 14.5. The van der Waals surface area contributed by atoms with Crippen molar-refractivity contribution in [3.8, 4) is 5.75 Å². The summed E-state index contributed by atoms with van der Waals surface area (Å²) < 4.78 is 19.3. The predicted molar refractivity (Wildman–Crippen MR) is 80.5 cm³/mol. The summed E-state index contributed by atoms with van der Waals surface area (Å²) in [5.74, 6) is 0.251. The first-order valence-corrected chi connectivity index (χ1v) is 7.78. The van der Waals surface area contributed by atoms with E-state index in [0.717, 1.165) is 19.5 Å². The summed E-state index contributed by atoms with van der Waals surface area (Å²) in [6.45, 7) is 2.20. The number of rotatable bonds is 7. The highest BCUT2D eigenvalue weighted by Gasteiger charge is 1.99. The number of ether oxygens (including phenoxy) is 1. The summed E-state index contributed by atoms with van der Waals surface area (Å²) in [5.41, 5.74) is 1.35. The number of hydrogen-bond acceptors (Lipinski definition) is 3. The quantitative estimate of drug-likeness (QED) is 0.770. The lowest BCUT2D eigenvalue weighted by atomic mass is 10.2. The van der Waals surface area contributed by atoms with E-state index < -0.39 is 0 Å². The number of halogens is 2. The third kappa shape index (κ3) is 5.30. The number of benzene rings is 1. The van der Waals surface area contributed by atoms with E-state index in [4.69, 9.17) is 4.74 Å². The van der Waals surface area contributed by atoms with E-state index in [1.165, 1.54) is 17.7 Å². The molecule has 0 bridgehead atoms. The Bertz CT molecular complexity index is 484. The molecular formula is C14H15BrFNOS. The van der Waals surface area contributed by atoms with Crippen LogP contribution in [0.5, 0.6) is 5.75 Å². The van der Waals surface area contributed by atoms with Crippen molar-refractivity contribution < 1.29 is 9.13 Å². The summed E-state index contributed by atoms with van der Waals surface area (Å²) in [6.07, 6.45) is 1.02. The maximum Gasteiger partial charge on any atom is 0.128 e. The van der Waals surface area contributed by atoms with Gasteiger partial charge in [0.15, 0.2) is 0 Å². The van der Waals surface area contributed by atoms with Crippen LogP contribution < -0.4 is 10.1 Å². The van der Waals surface area contributed by atoms with Gasteiger partial charge in [0.1, 0.15) is 18.2 Å². The Morgan fingerprint density at radius 1 is 1.26 bits per heavy atom. The van der Waals surface area contributed by atoms with Gasteiger partial charge < -0.3 is 10.1 Å². The molecule has 0 amide bonds. The molecule has 1 aromatic heterocycles.